The van der Waals surface area contributed by atoms with Gasteiger partial charge in [-0.15, -0.1) is 0 Å². The highest BCUT2D eigenvalue weighted by Crippen LogP contribution is 2.24. The van der Waals surface area contributed by atoms with Gasteiger partial charge in [-0.05, 0) is 55.0 Å². The normalized spacial score (nSPS) is 11.4. The molecule has 0 aliphatic rings. The minimum absolute atomic E-state index is 0.0334. The number of rotatable bonds is 9. The maximum atomic E-state index is 13.0. The molecule has 0 bridgehead atoms. The molecule has 3 aromatic carbocycles. The fraction of sp³-hybridized carbons (Fsp3) is 0.208. The van der Waals surface area contributed by atoms with Gasteiger partial charge in [0, 0.05) is 31.3 Å². The summed E-state index contributed by atoms with van der Waals surface area (Å²) in [5.41, 5.74) is 1.71. The molecule has 1 N–H and O–H groups in total. The van der Waals surface area contributed by atoms with Crippen LogP contribution in [0.4, 0.5) is 4.39 Å². The Balaban J connectivity index is 1.79. The molecule has 3 rings (SSSR count). The minimum atomic E-state index is -3.71. The summed E-state index contributed by atoms with van der Waals surface area (Å²) in [5, 5.41) is 2.79. The van der Waals surface area contributed by atoms with E-state index in [-0.39, 0.29) is 29.7 Å². The Labute approximate surface area is 187 Å². The molecule has 0 fully saturated rings. The van der Waals surface area contributed by atoms with Crippen LogP contribution in [0, 0.1) is 5.82 Å². The lowest BCUT2D eigenvalue weighted by Gasteiger charge is -2.20. The summed E-state index contributed by atoms with van der Waals surface area (Å²) >= 11 is 0. The topological polar surface area (TPSA) is 75.7 Å². The lowest BCUT2D eigenvalue weighted by Crippen LogP contribution is -2.27. The number of ether oxygens (including phenoxy) is 1. The Bertz CT molecular complexity index is 1170. The van der Waals surface area contributed by atoms with Crippen molar-refractivity contribution in [3.05, 3.63) is 95.3 Å². The first-order chi connectivity index (χ1) is 15.3. The number of amides is 1. The monoisotopic (exact) mass is 456 g/mol. The second-order valence-electron chi connectivity index (χ2n) is 7.14. The highest BCUT2D eigenvalue weighted by Gasteiger charge is 2.22. The highest BCUT2D eigenvalue weighted by molar-refractivity contribution is 7.89. The van der Waals surface area contributed by atoms with Crippen molar-refractivity contribution >= 4 is 15.9 Å². The number of sulfonamides is 1. The Hall–Kier alpha value is -3.23. The van der Waals surface area contributed by atoms with Gasteiger partial charge in [0.15, 0.2) is 0 Å². The van der Waals surface area contributed by atoms with Gasteiger partial charge in [0.05, 0.1) is 11.5 Å². The molecular weight excluding hydrogens is 431 g/mol. The van der Waals surface area contributed by atoms with E-state index in [9.17, 15) is 17.6 Å². The quantitative estimate of drug-likeness (QED) is 0.529. The van der Waals surface area contributed by atoms with E-state index in [2.05, 4.69) is 5.32 Å². The third-order valence-corrected chi connectivity index (χ3v) is 6.65. The van der Waals surface area contributed by atoms with Gasteiger partial charge < -0.3 is 10.1 Å². The predicted molar refractivity (Wildman–Crippen MR) is 120 cm³/mol. The van der Waals surface area contributed by atoms with Gasteiger partial charge in [0.25, 0.3) is 5.91 Å². The molecule has 1 amide bonds. The fourth-order valence-corrected chi connectivity index (χ4v) is 4.29. The molecule has 6 nitrogen and oxygen atoms in total. The number of nitrogens with one attached hydrogen (secondary N) is 1. The largest absolute Gasteiger partial charge is 0.494 e. The summed E-state index contributed by atoms with van der Waals surface area (Å²) in [5.74, 6) is -0.157. The molecule has 0 saturated heterocycles. The van der Waals surface area contributed by atoms with Crippen molar-refractivity contribution in [2.45, 2.75) is 24.9 Å². The lowest BCUT2D eigenvalue weighted by atomic mass is 10.1. The van der Waals surface area contributed by atoms with Gasteiger partial charge in [-0.1, -0.05) is 30.3 Å². The van der Waals surface area contributed by atoms with E-state index < -0.39 is 10.0 Å². The first-order valence-electron chi connectivity index (χ1n) is 10.1. The third kappa shape index (κ3) is 5.72. The van der Waals surface area contributed by atoms with Crippen LogP contribution in [0.25, 0.3) is 0 Å². The molecule has 8 heteroatoms. The van der Waals surface area contributed by atoms with Gasteiger partial charge >= 0.3 is 0 Å². The van der Waals surface area contributed by atoms with Crippen molar-refractivity contribution in [2.24, 2.45) is 0 Å². The summed E-state index contributed by atoms with van der Waals surface area (Å²) in [6.07, 6.45) is 0. The average Bonchev–Trinajstić information content (AvgIpc) is 2.80. The molecular formula is C24H25FN2O4S. The van der Waals surface area contributed by atoms with E-state index in [1.807, 2.05) is 6.92 Å². The number of hydrogen-bond acceptors (Lipinski definition) is 4. The average molecular weight is 457 g/mol. The number of hydrogen-bond donors (Lipinski definition) is 1. The first kappa shape index (κ1) is 23.4. The zero-order chi connectivity index (χ0) is 23.1. The molecule has 0 spiro atoms. The number of benzene rings is 3. The zero-order valence-electron chi connectivity index (χ0n) is 17.9. The van der Waals surface area contributed by atoms with Crippen LogP contribution in [-0.2, 0) is 23.1 Å². The zero-order valence-corrected chi connectivity index (χ0v) is 18.7. The van der Waals surface area contributed by atoms with Crippen molar-refractivity contribution in [3.8, 4) is 5.75 Å². The number of halogens is 1. The maximum Gasteiger partial charge on any atom is 0.251 e. The molecule has 0 radical (unpaired) electrons. The van der Waals surface area contributed by atoms with Crippen LogP contribution in [0.5, 0.6) is 5.75 Å². The van der Waals surface area contributed by atoms with Crippen molar-refractivity contribution in [3.63, 3.8) is 0 Å². The molecule has 0 aliphatic heterocycles. The summed E-state index contributed by atoms with van der Waals surface area (Å²) in [7, 11) is -2.22. The Kier molecular flexibility index (Phi) is 7.61. The van der Waals surface area contributed by atoms with E-state index in [1.54, 1.807) is 48.5 Å². The summed E-state index contributed by atoms with van der Waals surface area (Å²) in [6, 6.07) is 18.9. The van der Waals surface area contributed by atoms with E-state index >= 15 is 0 Å². The van der Waals surface area contributed by atoms with Gasteiger partial charge in [0.2, 0.25) is 10.0 Å². The SMILES string of the molecule is CCOc1ccc(C(=O)NCc2ccc(F)cc2)cc1CN(C)S(=O)(=O)c1ccccc1. The number of nitrogens with zero attached hydrogens (tertiary/aromatic N) is 1. The molecule has 0 unspecified atom stereocenters. The van der Waals surface area contributed by atoms with Crippen LogP contribution < -0.4 is 10.1 Å². The van der Waals surface area contributed by atoms with Crippen LogP contribution in [0.3, 0.4) is 0 Å². The van der Waals surface area contributed by atoms with Gasteiger partial charge in [-0.2, -0.15) is 4.31 Å². The first-order valence-corrected chi connectivity index (χ1v) is 11.5. The predicted octanol–water partition coefficient (Wildman–Crippen LogP) is 3.98. The molecule has 0 heterocycles. The number of carbonyl (C=O) groups is 1. The van der Waals surface area contributed by atoms with Gasteiger partial charge in [-0.3, -0.25) is 4.79 Å². The van der Waals surface area contributed by atoms with E-state index in [4.69, 9.17) is 4.74 Å². The lowest BCUT2D eigenvalue weighted by molar-refractivity contribution is 0.0950. The van der Waals surface area contributed by atoms with Gasteiger partial charge in [-0.25, -0.2) is 12.8 Å². The summed E-state index contributed by atoms with van der Waals surface area (Å²) in [6.45, 7) is 2.51. The van der Waals surface area contributed by atoms with E-state index in [1.165, 1.54) is 35.6 Å². The smallest absolute Gasteiger partial charge is 0.251 e. The third-order valence-electron chi connectivity index (χ3n) is 4.83. The van der Waals surface area contributed by atoms with Crippen LogP contribution in [0.2, 0.25) is 0 Å². The fourth-order valence-electron chi connectivity index (χ4n) is 3.12. The van der Waals surface area contributed by atoms with Crippen LogP contribution in [0.1, 0.15) is 28.4 Å². The Morgan fingerprint density at radius 3 is 2.38 bits per heavy atom. The molecule has 0 aromatic heterocycles. The highest BCUT2D eigenvalue weighted by atomic mass is 32.2. The van der Waals surface area contributed by atoms with Crippen LogP contribution >= 0.6 is 0 Å². The number of carbonyl (C=O) groups excluding carboxylic acids is 1. The second kappa shape index (κ2) is 10.4. The van der Waals surface area contributed by atoms with E-state index in [0.717, 1.165) is 5.56 Å². The van der Waals surface area contributed by atoms with Crippen molar-refractivity contribution < 1.29 is 22.3 Å². The summed E-state index contributed by atoms with van der Waals surface area (Å²) in [4.78, 5) is 12.8. The van der Waals surface area contributed by atoms with Crippen molar-refractivity contribution in [1.29, 1.82) is 0 Å². The van der Waals surface area contributed by atoms with Gasteiger partial charge in [0.1, 0.15) is 11.6 Å². The van der Waals surface area contributed by atoms with Crippen LogP contribution in [0.15, 0.2) is 77.7 Å². The standard InChI is InChI=1S/C24H25FN2O4S/c1-3-31-23-14-11-19(24(28)26-16-18-9-12-21(25)13-10-18)15-20(23)17-27(2)32(29,30)22-7-5-4-6-8-22/h4-15H,3,16-17H2,1-2H3,(H,26,28). The second-order valence-corrected chi connectivity index (χ2v) is 9.18. The molecule has 32 heavy (non-hydrogen) atoms. The van der Waals surface area contributed by atoms with Crippen LogP contribution in [-0.4, -0.2) is 32.3 Å². The summed E-state index contributed by atoms with van der Waals surface area (Å²) < 4.78 is 45.7. The van der Waals surface area contributed by atoms with Crippen molar-refractivity contribution in [2.75, 3.05) is 13.7 Å². The molecule has 0 atom stereocenters. The minimum Gasteiger partial charge on any atom is -0.494 e. The molecule has 168 valence electrons. The Morgan fingerprint density at radius 2 is 1.72 bits per heavy atom. The van der Waals surface area contributed by atoms with Crippen molar-refractivity contribution in [1.82, 2.24) is 9.62 Å². The van der Waals surface area contributed by atoms with E-state index in [0.29, 0.717) is 23.5 Å². The maximum absolute atomic E-state index is 13.0. The Morgan fingerprint density at radius 1 is 1.03 bits per heavy atom. The molecule has 0 saturated carbocycles. The molecule has 3 aromatic rings. The molecule has 0 aliphatic carbocycles.